The molecule has 4 heteroatoms. The first-order valence-corrected chi connectivity index (χ1v) is 11.7. The van der Waals surface area contributed by atoms with E-state index in [2.05, 4.69) is 61.4 Å². The van der Waals surface area contributed by atoms with E-state index in [1.165, 1.54) is 5.56 Å². The Balaban J connectivity index is 1.91. The third kappa shape index (κ3) is 5.95. The number of hydrogen-bond acceptors (Lipinski definition) is 3. The molecule has 2 aromatic carbocycles. The van der Waals surface area contributed by atoms with Crippen LogP contribution in [-0.4, -0.2) is 24.7 Å². The summed E-state index contributed by atoms with van der Waals surface area (Å²) in [4.78, 5) is 17.7. The third-order valence-electron chi connectivity index (χ3n) is 6.25. The van der Waals surface area contributed by atoms with E-state index in [9.17, 15) is 4.79 Å². The average Bonchev–Trinajstić information content (AvgIpc) is 3.05. The molecule has 0 aliphatic carbocycles. The molecule has 0 saturated carbocycles. The molecule has 1 aliphatic rings. The van der Waals surface area contributed by atoms with Crippen molar-refractivity contribution in [2.75, 3.05) is 13.1 Å². The van der Waals surface area contributed by atoms with E-state index < -0.39 is 0 Å². The quantitative estimate of drug-likeness (QED) is 0.577. The van der Waals surface area contributed by atoms with Crippen molar-refractivity contribution in [3.05, 3.63) is 76.9 Å². The molecule has 0 saturated heterocycles. The highest BCUT2D eigenvalue weighted by molar-refractivity contribution is 6.44. The molecule has 2 atom stereocenters. The minimum absolute atomic E-state index is 0.0929. The van der Waals surface area contributed by atoms with Gasteiger partial charge in [-0.15, -0.1) is 0 Å². The molecule has 1 amide bonds. The van der Waals surface area contributed by atoms with Crippen molar-refractivity contribution in [1.29, 1.82) is 5.26 Å². The molecule has 1 heterocycles. The second-order valence-electron chi connectivity index (χ2n) is 8.58. The van der Waals surface area contributed by atoms with Crippen molar-refractivity contribution < 1.29 is 4.79 Å². The van der Waals surface area contributed by atoms with Gasteiger partial charge in [0, 0.05) is 19.0 Å². The number of nitrogens with zero attached hydrogens (tertiary/aromatic N) is 2. The van der Waals surface area contributed by atoms with E-state index in [0.717, 1.165) is 42.4 Å². The van der Waals surface area contributed by atoms with Gasteiger partial charge < -0.3 is 5.32 Å². The number of amides is 1. The fourth-order valence-corrected chi connectivity index (χ4v) is 4.25. The van der Waals surface area contributed by atoms with Crippen LogP contribution in [0.25, 0.3) is 5.57 Å². The molecule has 4 nitrogen and oxygen atoms in total. The maximum Gasteiger partial charge on any atom is 0.269 e. The van der Waals surface area contributed by atoms with E-state index in [1.54, 1.807) is 0 Å². The van der Waals surface area contributed by atoms with Crippen LogP contribution < -0.4 is 5.32 Å². The van der Waals surface area contributed by atoms with Crippen molar-refractivity contribution in [2.45, 2.75) is 52.4 Å². The normalized spacial score (nSPS) is 16.9. The summed E-state index contributed by atoms with van der Waals surface area (Å²) in [6.07, 6.45) is 6.09. The molecule has 1 aliphatic heterocycles. The van der Waals surface area contributed by atoms with E-state index in [-0.39, 0.29) is 11.8 Å². The Morgan fingerprint density at radius 3 is 2.50 bits per heavy atom. The lowest BCUT2D eigenvalue weighted by Gasteiger charge is -2.20. The van der Waals surface area contributed by atoms with Crippen LogP contribution in [0.2, 0.25) is 0 Å². The SMILES string of the molecule is CCCC(CC)CNC(=O)C1=NCCC(c2ccc(C#N)cc2)C(c2ccc(C)cc2)=C1. The Bertz CT molecular complexity index is 1010. The van der Waals surface area contributed by atoms with Gasteiger partial charge in [-0.1, -0.05) is 68.7 Å². The second kappa shape index (κ2) is 11.4. The number of carbonyl (C=O) groups is 1. The zero-order valence-electron chi connectivity index (χ0n) is 19.4. The summed E-state index contributed by atoms with van der Waals surface area (Å²) in [5.74, 6) is 0.523. The van der Waals surface area contributed by atoms with Crippen LogP contribution in [0.1, 0.15) is 67.7 Å². The van der Waals surface area contributed by atoms with E-state index >= 15 is 0 Å². The lowest BCUT2D eigenvalue weighted by Crippen LogP contribution is -2.34. The van der Waals surface area contributed by atoms with Crippen LogP contribution in [0.4, 0.5) is 0 Å². The van der Waals surface area contributed by atoms with Gasteiger partial charge in [-0.2, -0.15) is 5.26 Å². The summed E-state index contributed by atoms with van der Waals surface area (Å²) in [6, 6.07) is 18.4. The first kappa shape index (κ1) is 23.5. The predicted molar refractivity (Wildman–Crippen MR) is 132 cm³/mol. The first-order chi connectivity index (χ1) is 15.5. The van der Waals surface area contributed by atoms with Gasteiger partial charge in [-0.3, -0.25) is 9.79 Å². The maximum atomic E-state index is 13.0. The van der Waals surface area contributed by atoms with Crippen molar-refractivity contribution in [1.82, 2.24) is 5.32 Å². The van der Waals surface area contributed by atoms with E-state index in [4.69, 9.17) is 5.26 Å². The number of nitriles is 1. The molecular formula is C28H33N3O. The topological polar surface area (TPSA) is 65.2 Å². The number of aliphatic imine (C=N–C) groups is 1. The zero-order valence-corrected chi connectivity index (χ0v) is 19.4. The van der Waals surface area contributed by atoms with Gasteiger partial charge in [0.05, 0.1) is 11.6 Å². The Kier molecular flexibility index (Phi) is 8.39. The third-order valence-corrected chi connectivity index (χ3v) is 6.25. The molecule has 2 unspecified atom stereocenters. The summed E-state index contributed by atoms with van der Waals surface area (Å²) in [6.45, 7) is 7.71. The fraction of sp³-hybridized carbons (Fsp3) is 0.393. The first-order valence-electron chi connectivity index (χ1n) is 11.7. The van der Waals surface area contributed by atoms with Crippen LogP contribution in [0.15, 0.2) is 59.6 Å². The van der Waals surface area contributed by atoms with Crippen LogP contribution in [-0.2, 0) is 4.79 Å². The standard InChI is InChI=1S/C28H33N3O/c1-4-6-21(5-2)19-31-28(32)27-17-26(24-11-7-20(3)8-12-24)25(15-16-30-27)23-13-9-22(18-29)10-14-23/h7-14,17,21,25H,4-6,15-16,19H2,1-3H3,(H,31,32). The zero-order chi connectivity index (χ0) is 22.9. The molecule has 2 aromatic rings. The van der Waals surface area contributed by atoms with Crippen LogP contribution in [0, 0.1) is 24.2 Å². The smallest absolute Gasteiger partial charge is 0.269 e. The lowest BCUT2D eigenvalue weighted by molar-refractivity contribution is -0.114. The molecule has 166 valence electrons. The van der Waals surface area contributed by atoms with Crippen LogP contribution in [0.3, 0.4) is 0 Å². The van der Waals surface area contributed by atoms with Crippen molar-refractivity contribution in [2.24, 2.45) is 10.9 Å². The predicted octanol–water partition coefficient (Wildman–Crippen LogP) is 5.82. The highest BCUT2D eigenvalue weighted by Crippen LogP contribution is 2.36. The van der Waals surface area contributed by atoms with Gasteiger partial charge in [0.1, 0.15) is 5.71 Å². The van der Waals surface area contributed by atoms with Gasteiger partial charge in [0.2, 0.25) is 0 Å². The number of carbonyl (C=O) groups excluding carboxylic acids is 1. The number of allylic oxidation sites excluding steroid dienone is 1. The molecule has 3 rings (SSSR count). The van der Waals surface area contributed by atoms with Gasteiger partial charge in [0.15, 0.2) is 0 Å². The number of aryl methyl sites for hydroxylation is 1. The van der Waals surface area contributed by atoms with Crippen LogP contribution >= 0.6 is 0 Å². The van der Waals surface area contributed by atoms with Gasteiger partial charge in [-0.25, -0.2) is 0 Å². The summed E-state index contributed by atoms with van der Waals surface area (Å²) < 4.78 is 0. The fourth-order valence-electron chi connectivity index (χ4n) is 4.25. The number of rotatable bonds is 8. The largest absolute Gasteiger partial charge is 0.350 e. The molecule has 0 bridgehead atoms. The Morgan fingerprint density at radius 2 is 1.88 bits per heavy atom. The van der Waals surface area contributed by atoms with Crippen molar-refractivity contribution in [3.8, 4) is 6.07 Å². The number of nitrogens with one attached hydrogen (secondary N) is 1. The molecule has 0 aromatic heterocycles. The van der Waals surface area contributed by atoms with E-state index in [1.807, 2.05) is 30.3 Å². The summed E-state index contributed by atoms with van der Waals surface area (Å²) in [5, 5.41) is 12.3. The highest BCUT2D eigenvalue weighted by atomic mass is 16.1. The minimum atomic E-state index is -0.0929. The van der Waals surface area contributed by atoms with Gasteiger partial charge >= 0.3 is 0 Å². The second-order valence-corrected chi connectivity index (χ2v) is 8.58. The lowest BCUT2D eigenvalue weighted by atomic mass is 9.83. The molecular weight excluding hydrogens is 394 g/mol. The summed E-state index contributed by atoms with van der Waals surface area (Å²) >= 11 is 0. The Hall–Kier alpha value is -3.19. The maximum absolute atomic E-state index is 13.0. The monoisotopic (exact) mass is 427 g/mol. The summed E-state index contributed by atoms with van der Waals surface area (Å²) in [7, 11) is 0. The molecule has 0 spiro atoms. The Morgan fingerprint density at radius 1 is 1.16 bits per heavy atom. The summed E-state index contributed by atoms with van der Waals surface area (Å²) in [5.41, 5.74) is 5.69. The molecule has 1 N–H and O–H groups in total. The molecule has 0 fully saturated rings. The van der Waals surface area contributed by atoms with Crippen molar-refractivity contribution >= 4 is 17.2 Å². The van der Waals surface area contributed by atoms with Gasteiger partial charge in [-0.05, 0) is 60.6 Å². The number of hydrogen-bond donors (Lipinski definition) is 1. The van der Waals surface area contributed by atoms with Gasteiger partial charge in [0.25, 0.3) is 5.91 Å². The number of benzene rings is 2. The highest BCUT2D eigenvalue weighted by Gasteiger charge is 2.23. The average molecular weight is 428 g/mol. The van der Waals surface area contributed by atoms with E-state index in [0.29, 0.717) is 30.3 Å². The van der Waals surface area contributed by atoms with Crippen molar-refractivity contribution in [3.63, 3.8) is 0 Å². The molecule has 0 radical (unpaired) electrons. The molecule has 32 heavy (non-hydrogen) atoms. The Labute approximate surface area is 192 Å². The minimum Gasteiger partial charge on any atom is -0.350 e. The van der Waals surface area contributed by atoms with Crippen LogP contribution in [0.5, 0.6) is 0 Å².